The van der Waals surface area contributed by atoms with Crippen LogP contribution in [0.3, 0.4) is 0 Å². The van der Waals surface area contributed by atoms with Crippen molar-refractivity contribution in [2.45, 2.75) is 39.3 Å². The molecule has 2 N–H and O–H groups in total. The lowest BCUT2D eigenvalue weighted by Crippen LogP contribution is -2.35. The van der Waals surface area contributed by atoms with Crippen molar-refractivity contribution in [3.8, 4) is 0 Å². The lowest BCUT2D eigenvalue weighted by Gasteiger charge is -2.28. The average Bonchev–Trinajstić information content (AvgIpc) is 3.15. The highest BCUT2D eigenvalue weighted by Gasteiger charge is 2.21. The van der Waals surface area contributed by atoms with Gasteiger partial charge < -0.3 is 10.6 Å². The lowest BCUT2D eigenvalue weighted by atomic mass is 9.85. The summed E-state index contributed by atoms with van der Waals surface area (Å²) in [6.45, 7) is 5.65. The van der Waals surface area contributed by atoms with Crippen LogP contribution in [0.25, 0.3) is 0 Å². The van der Waals surface area contributed by atoms with Gasteiger partial charge in [0.05, 0.1) is 6.54 Å². The summed E-state index contributed by atoms with van der Waals surface area (Å²) in [5.41, 5.74) is 2.34. The van der Waals surface area contributed by atoms with E-state index >= 15 is 0 Å². The van der Waals surface area contributed by atoms with E-state index in [1.54, 1.807) is 6.20 Å². The number of amides is 1. The van der Waals surface area contributed by atoms with Crippen molar-refractivity contribution < 1.29 is 4.79 Å². The first-order valence-corrected chi connectivity index (χ1v) is 9.24. The zero-order valence-electron chi connectivity index (χ0n) is 15.4. The van der Waals surface area contributed by atoms with Crippen LogP contribution in [0.2, 0.25) is 0 Å². The monoisotopic (exact) mass is 376 g/mol. The number of halogens is 1. The van der Waals surface area contributed by atoms with E-state index in [0.717, 1.165) is 25.2 Å². The third-order valence-electron chi connectivity index (χ3n) is 5.13. The normalized spacial score (nSPS) is 18.0. The Bertz CT molecular complexity index is 668. The molecule has 26 heavy (non-hydrogen) atoms. The van der Waals surface area contributed by atoms with Gasteiger partial charge in [0.2, 0.25) is 5.91 Å². The highest BCUT2D eigenvalue weighted by Crippen LogP contribution is 2.22. The maximum Gasteiger partial charge on any atom is 0.220 e. The van der Waals surface area contributed by atoms with Gasteiger partial charge in [-0.1, -0.05) is 31.2 Å². The van der Waals surface area contributed by atoms with Crippen molar-refractivity contribution in [2.24, 2.45) is 11.8 Å². The van der Waals surface area contributed by atoms with Gasteiger partial charge in [0.25, 0.3) is 0 Å². The standard InChI is InChI=1S/C20H28N4O.ClH/c1-16(17-8-4-9-21-13-17)12-20(25)22-14-18-6-2-3-7-19(18)15-24-11-5-10-23-24;/h2-3,5-7,10-11,16-17,21H,4,8-9,12-15H2,1H3,(H,22,25);1H. The van der Waals surface area contributed by atoms with Crippen molar-refractivity contribution in [2.75, 3.05) is 13.1 Å². The molecule has 3 rings (SSSR count). The fourth-order valence-electron chi connectivity index (χ4n) is 3.54. The number of hydrogen-bond acceptors (Lipinski definition) is 3. The van der Waals surface area contributed by atoms with Crippen molar-refractivity contribution in [1.82, 2.24) is 20.4 Å². The van der Waals surface area contributed by atoms with Crippen molar-refractivity contribution in [3.63, 3.8) is 0 Å². The lowest BCUT2D eigenvalue weighted by molar-refractivity contribution is -0.122. The smallest absolute Gasteiger partial charge is 0.220 e. The van der Waals surface area contributed by atoms with Gasteiger partial charge in [0.15, 0.2) is 0 Å². The van der Waals surface area contributed by atoms with Gasteiger partial charge in [0.1, 0.15) is 0 Å². The van der Waals surface area contributed by atoms with Crippen LogP contribution in [0.1, 0.15) is 37.3 Å². The number of hydrogen-bond donors (Lipinski definition) is 2. The number of nitrogens with one attached hydrogen (secondary N) is 2. The Morgan fingerprint density at radius 3 is 2.85 bits per heavy atom. The van der Waals surface area contributed by atoms with Crippen molar-refractivity contribution >= 4 is 18.3 Å². The van der Waals surface area contributed by atoms with E-state index in [4.69, 9.17) is 0 Å². The molecular formula is C20H29ClN4O. The van der Waals surface area contributed by atoms with Crippen molar-refractivity contribution in [1.29, 1.82) is 0 Å². The Balaban J connectivity index is 0.00000243. The Morgan fingerprint density at radius 2 is 2.15 bits per heavy atom. The Labute approximate surface area is 162 Å². The highest BCUT2D eigenvalue weighted by molar-refractivity contribution is 5.85. The summed E-state index contributed by atoms with van der Waals surface area (Å²) in [6.07, 6.45) is 6.79. The molecule has 0 saturated carbocycles. The molecule has 2 heterocycles. The molecule has 1 fully saturated rings. The molecule has 2 atom stereocenters. The average molecular weight is 377 g/mol. The minimum atomic E-state index is 0. The molecule has 2 unspecified atom stereocenters. The fourth-order valence-corrected chi connectivity index (χ4v) is 3.54. The molecule has 0 spiro atoms. The van der Waals surface area contributed by atoms with E-state index in [2.05, 4.69) is 34.8 Å². The molecule has 1 aromatic heterocycles. The molecule has 142 valence electrons. The summed E-state index contributed by atoms with van der Waals surface area (Å²) in [5.74, 6) is 1.19. The third-order valence-corrected chi connectivity index (χ3v) is 5.13. The van der Waals surface area contributed by atoms with E-state index in [0.29, 0.717) is 24.8 Å². The van der Waals surface area contributed by atoms with E-state index in [-0.39, 0.29) is 18.3 Å². The quantitative estimate of drug-likeness (QED) is 0.781. The second-order valence-corrected chi connectivity index (χ2v) is 7.04. The Morgan fingerprint density at radius 1 is 1.35 bits per heavy atom. The fraction of sp³-hybridized carbons (Fsp3) is 0.500. The number of piperidine rings is 1. The number of carbonyl (C=O) groups excluding carboxylic acids is 1. The summed E-state index contributed by atoms with van der Waals surface area (Å²) in [4.78, 5) is 12.3. The first-order chi connectivity index (χ1) is 12.2. The summed E-state index contributed by atoms with van der Waals surface area (Å²) < 4.78 is 1.90. The van der Waals surface area contributed by atoms with Gasteiger partial charge in [-0.05, 0) is 55.0 Å². The van der Waals surface area contributed by atoms with Gasteiger partial charge in [-0.25, -0.2) is 0 Å². The molecule has 5 nitrogen and oxygen atoms in total. The van der Waals surface area contributed by atoms with Crippen LogP contribution < -0.4 is 10.6 Å². The topological polar surface area (TPSA) is 59.0 Å². The van der Waals surface area contributed by atoms with Gasteiger partial charge in [0, 0.05) is 25.4 Å². The van der Waals surface area contributed by atoms with Crippen LogP contribution in [-0.2, 0) is 17.9 Å². The predicted octanol–water partition coefficient (Wildman–Crippen LogP) is 3.00. The van der Waals surface area contributed by atoms with E-state index in [1.165, 1.54) is 18.4 Å². The molecule has 1 saturated heterocycles. The molecule has 2 aromatic rings. The van der Waals surface area contributed by atoms with Crippen LogP contribution in [0, 0.1) is 11.8 Å². The van der Waals surface area contributed by atoms with Gasteiger partial charge >= 0.3 is 0 Å². The Hall–Kier alpha value is -1.85. The minimum absolute atomic E-state index is 0. The molecule has 1 aliphatic rings. The molecular weight excluding hydrogens is 348 g/mol. The van der Waals surface area contributed by atoms with Gasteiger partial charge in [-0.3, -0.25) is 9.48 Å². The molecule has 6 heteroatoms. The van der Waals surface area contributed by atoms with E-state index in [9.17, 15) is 4.79 Å². The van der Waals surface area contributed by atoms with Crippen LogP contribution in [0.15, 0.2) is 42.7 Å². The molecule has 1 aromatic carbocycles. The first-order valence-electron chi connectivity index (χ1n) is 9.24. The SMILES string of the molecule is CC(CC(=O)NCc1ccccc1Cn1cccn1)C1CCCNC1.Cl. The summed E-state index contributed by atoms with van der Waals surface area (Å²) in [6, 6.07) is 10.1. The minimum Gasteiger partial charge on any atom is -0.352 e. The van der Waals surface area contributed by atoms with Gasteiger partial charge in [-0.2, -0.15) is 5.10 Å². The largest absolute Gasteiger partial charge is 0.352 e. The number of benzene rings is 1. The number of nitrogens with zero attached hydrogens (tertiary/aromatic N) is 2. The van der Waals surface area contributed by atoms with Crippen LogP contribution in [0.4, 0.5) is 0 Å². The van der Waals surface area contributed by atoms with E-state index < -0.39 is 0 Å². The summed E-state index contributed by atoms with van der Waals surface area (Å²) in [5, 5.41) is 10.8. The van der Waals surface area contributed by atoms with Crippen LogP contribution >= 0.6 is 12.4 Å². The maximum absolute atomic E-state index is 12.3. The Kier molecular flexibility index (Phi) is 8.13. The third kappa shape index (κ3) is 5.85. The second-order valence-electron chi connectivity index (χ2n) is 7.04. The number of aromatic nitrogens is 2. The predicted molar refractivity (Wildman–Crippen MR) is 106 cm³/mol. The van der Waals surface area contributed by atoms with Crippen LogP contribution in [-0.4, -0.2) is 28.8 Å². The summed E-state index contributed by atoms with van der Waals surface area (Å²) in [7, 11) is 0. The van der Waals surface area contributed by atoms with Crippen LogP contribution in [0.5, 0.6) is 0 Å². The number of carbonyl (C=O) groups is 1. The first kappa shape index (κ1) is 20.5. The summed E-state index contributed by atoms with van der Waals surface area (Å²) >= 11 is 0. The van der Waals surface area contributed by atoms with E-state index in [1.807, 2.05) is 29.1 Å². The zero-order valence-corrected chi connectivity index (χ0v) is 16.2. The van der Waals surface area contributed by atoms with Crippen molar-refractivity contribution in [3.05, 3.63) is 53.9 Å². The molecule has 0 radical (unpaired) electrons. The zero-order chi connectivity index (χ0) is 17.5. The molecule has 0 bridgehead atoms. The van der Waals surface area contributed by atoms with Gasteiger partial charge in [-0.15, -0.1) is 12.4 Å². The second kappa shape index (κ2) is 10.3. The molecule has 1 amide bonds. The highest BCUT2D eigenvalue weighted by atomic mass is 35.5. The maximum atomic E-state index is 12.3. The molecule has 0 aliphatic carbocycles. The number of rotatable bonds is 7. The molecule has 1 aliphatic heterocycles.